The van der Waals surface area contributed by atoms with Gasteiger partial charge in [0.1, 0.15) is 0 Å². The van der Waals surface area contributed by atoms with Crippen LogP contribution >= 0.6 is 0 Å². The lowest BCUT2D eigenvalue weighted by Crippen LogP contribution is -2.65. The van der Waals surface area contributed by atoms with Crippen LogP contribution in [0.1, 0.15) is 13.8 Å². The Kier molecular flexibility index (Phi) is 3.26. The predicted molar refractivity (Wildman–Crippen MR) is 55.6 cm³/mol. The molecule has 1 aliphatic rings. The van der Waals surface area contributed by atoms with Crippen molar-refractivity contribution < 1.29 is 0 Å². The molecule has 0 aromatic carbocycles. The van der Waals surface area contributed by atoms with Crippen molar-refractivity contribution in [1.29, 1.82) is 0 Å². The van der Waals surface area contributed by atoms with Crippen LogP contribution < -0.4 is 0 Å². The molecule has 0 aliphatic carbocycles. The van der Waals surface area contributed by atoms with Gasteiger partial charge in [0.05, 0.1) is 0 Å². The summed E-state index contributed by atoms with van der Waals surface area (Å²) in [6.07, 6.45) is 0. The molecule has 0 aromatic heterocycles. The van der Waals surface area contributed by atoms with Gasteiger partial charge in [0.2, 0.25) is 0 Å². The Labute approximate surface area is 77.8 Å². The molecule has 0 atom stereocenters. The van der Waals surface area contributed by atoms with Gasteiger partial charge < -0.3 is 14.2 Å². The molecule has 1 fully saturated rings. The third-order valence-electron chi connectivity index (χ3n) is 2.16. The van der Waals surface area contributed by atoms with Gasteiger partial charge in [-0.1, -0.05) is 13.8 Å². The molecule has 0 bridgehead atoms. The number of hydrogen-bond donors (Lipinski definition) is 0. The number of rotatable bonds is 1. The Hall–Kier alpha value is 0.0748. The van der Waals surface area contributed by atoms with Gasteiger partial charge >= 0.3 is 0 Å². The molecule has 0 saturated carbocycles. The fraction of sp³-hybridized carbons (Fsp3) is 1.00. The lowest BCUT2D eigenvalue weighted by Gasteiger charge is -2.42. The van der Waals surface area contributed by atoms with Crippen LogP contribution in [0.2, 0.25) is 5.82 Å². The first-order chi connectivity index (χ1) is 5.52. The monoisotopic (exact) mass is 163 g/mol. The fourth-order valence-electron chi connectivity index (χ4n) is 1.97. The first kappa shape index (κ1) is 10.2. The van der Waals surface area contributed by atoms with Gasteiger partial charge in [-0.3, -0.25) is 0 Å². The lowest BCUT2D eigenvalue weighted by molar-refractivity contribution is 0.558. The zero-order valence-corrected chi connectivity index (χ0v) is 8.65. The van der Waals surface area contributed by atoms with Gasteiger partial charge in [0, 0.05) is 0 Å². The summed E-state index contributed by atoms with van der Waals surface area (Å²) >= 11 is 0. The topological polar surface area (TPSA) is 9.72 Å². The van der Waals surface area contributed by atoms with E-state index in [1.54, 1.807) is 0 Å². The highest BCUT2D eigenvalue weighted by Crippen LogP contribution is 2.15. The molecule has 0 N–H and O–H groups in total. The molecule has 2 radical (unpaired) electrons. The maximum absolute atomic E-state index is 2.24. The van der Waals surface area contributed by atoms with Crippen LogP contribution in [0.4, 0.5) is 0 Å². The van der Waals surface area contributed by atoms with Crippen LogP contribution in [-0.4, -0.2) is 57.4 Å². The second kappa shape index (κ2) is 3.86. The molecule has 3 nitrogen and oxygen atoms in total. The Bertz CT molecular complexity index is 143. The second-order valence-corrected chi connectivity index (χ2v) is 3.88. The Morgan fingerprint density at radius 1 is 1.00 bits per heavy atom. The zero-order chi connectivity index (χ0) is 9.30. The molecule has 64 valence electrons. The van der Waals surface area contributed by atoms with Crippen LogP contribution in [-0.2, 0) is 0 Å². The van der Waals surface area contributed by atoms with E-state index in [1.807, 2.05) is 7.05 Å². The molecule has 0 amide bonds. The molecule has 0 aromatic rings. The quantitative estimate of drug-likeness (QED) is 0.493. The minimum Gasteiger partial charge on any atom is -0.367 e. The highest BCUT2D eigenvalue weighted by molar-refractivity contribution is 6.74. The summed E-state index contributed by atoms with van der Waals surface area (Å²) in [6.45, 7) is 4.97. The van der Waals surface area contributed by atoms with Crippen molar-refractivity contribution in [3.63, 3.8) is 0 Å². The van der Waals surface area contributed by atoms with Crippen molar-refractivity contribution in [1.82, 2.24) is 14.2 Å². The van der Waals surface area contributed by atoms with Crippen LogP contribution in [0, 0.1) is 0 Å². The van der Waals surface area contributed by atoms with E-state index in [9.17, 15) is 0 Å². The summed E-state index contributed by atoms with van der Waals surface area (Å²) in [6, 6.07) is 0. The molecule has 0 spiro atoms. The Balaban J connectivity index is 2.60. The maximum atomic E-state index is 2.24. The first-order valence-electron chi connectivity index (χ1n) is 4.38. The van der Waals surface area contributed by atoms with E-state index in [-0.39, 0.29) is 0 Å². The summed E-state index contributed by atoms with van der Waals surface area (Å²) in [5.74, 6) is 0.640. The van der Waals surface area contributed by atoms with Crippen molar-refractivity contribution in [2.24, 2.45) is 0 Å². The van der Waals surface area contributed by atoms with Gasteiger partial charge in [-0.25, -0.2) is 0 Å². The highest BCUT2D eigenvalue weighted by atomic mass is 15.3. The molecule has 6 heteroatoms. The van der Waals surface area contributed by atoms with E-state index in [0.29, 0.717) is 12.8 Å². The van der Waals surface area contributed by atoms with E-state index in [4.69, 9.17) is 0 Å². The minimum atomic E-state index is 0.487. The lowest BCUT2D eigenvalue weighted by atomic mass is 9.52. The summed E-state index contributed by atoms with van der Waals surface area (Å²) < 4.78 is 6.55. The summed E-state index contributed by atoms with van der Waals surface area (Å²) in [5.41, 5.74) is 0. The van der Waals surface area contributed by atoms with E-state index in [1.165, 1.54) is 0 Å². The molecule has 1 rings (SSSR count). The van der Waals surface area contributed by atoms with Gasteiger partial charge in [-0.15, -0.1) is 0 Å². The standard InChI is InChI=1S/C6H16B3N3/c1-6(2)9-11(4)7-10(3)8-12(9)5/h6H,1-5H3. The maximum Gasteiger partial charge on any atom is 0.291 e. The van der Waals surface area contributed by atoms with Crippen LogP contribution in [0.3, 0.4) is 0 Å². The second-order valence-electron chi connectivity index (χ2n) is 3.88. The largest absolute Gasteiger partial charge is 0.367 e. The molecule has 1 saturated heterocycles. The van der Waals surface area contributed by atoms with Gasteiger partial charge in [-0.05, 0) is 27.0 Å². The average molecular weight is 163 g/mol. The molecule has 0 unspecified atom stereocenters. The molecule has 12 heavy (non-hydrogen) atoms. The van der Waals surface area contributed by atoms with Crippen LogP contribution in [0.15, 0.2) is 0 Å². The summed E-state index contributed by atoms with van der Waals surface area (Å²) in [7, 11) is 10.5. The third-order valence-corrected chi connectivity index (χ3v) is 2.16. The van der Waals surface area contributed by atoms with E-state index >= 15 is 0 Å². The average Bonchev–Trinajstić information content (AvgIpc) is 1.82. The van der Waals surface area contributed by atoms with Crippen molar-refractivity contribution in [3.05, 3.63) is 0 Å². The number of hydrogen-bond acceptors (Lipinski definition) is 3. The van der Waals surface area contributed by atoms with Crippen LogP contribution in [0.25, 0.3) is 0 Å². The van der Waals surface area contributed by atoms with Crippen molar-refractivity contribution in [2.75, 3.05) is 21.1 Å². The van der Waals surface area contributed by atoms with Crippen LogP contribution in [0.5, 0.6) is 0 Å². The predicted octanol–water partition coefficient (Wildman–Crippen LogP) is -0.238. The third kappa shape index (κ3) is 2.06. The van der Waals surface area contributed by atoms with Crippen molar-refractivity contribution in [3.8, 4) is 0 Å². The smallest absolute Gasteiger partial charge is 0.291 e. The van der Waals surface area contributed by atoms with E-state index in [2.05, 4.69) is 57.2 Å². The van der Waals surface area contributed by atoms with Gasteiger partial charge in [0.15, 0.2) is 0 Å². The molecular formula is C6H16B3N3. The SMILES string of the molecule is CC(C)B1N(C)[B]N(C)[B]N1C. The Morgan fingerprint density at radius 2 is 1.42 bits per heavy atom. The van der Waals surface area contributed by atoms with Gasteiger partial charge in [-0.2, -0.15) is 0 Å². The van der Waals surface area contributed by atoms with Crippen molar-refractivity contribution in [2.45, 2.75) is 19.7 Å². The molecule has 1 heterocycles. The van der Waals surface area contributed by atoms with Gasteiger partial charge in [0.25, 0.3) is 22.1 Å². The molecule has 1 aliphatic heterocycles. The Morgan fingerprint density at radius 3 is 1.75 bits per heavy atom. The minimum absolute atomic E-state index is 0.487. The normalized spacial score (nSPS) is 22.7. The zero-order valence-electron chi connectivity index (χ0n) is 8.65. The summed E-state index contributed by atoms with van der Waals surface area (Å²) in [4.78, 5) is 0. The first-order valence-corrected chi connectivity index (χ1v) is 4.38. The van der Waals surface area contributed by atoms with E-state index in [0.717, 1.165) is 0 Å². The summed E-state index contributed by atoms with van der Waals surface area (Å²) in [5, 5.41) is 0. The highest BCUT2D eigenvalue weighted by Gasteiger charge is 2.35. The molecular weight excluding hydrogens is 147 g/mol. The number of nitrogens with zero attached hydrogens (tertiary/aromatic N) is 3. The van der Waals surface area contributed by atoms with E-state index < -0.39 is 0 Å². The fourth-order valence-corrected chi connectivity index (χ4v) is 1.97. The van der Waals surface area contributed by atoms with Crippen molar-refractivity contribution >= 4 is 22.1 Å².